The third kappa shape index (κ3) is 2.24. The zero-order chi connectivity index (χ0) is 14.6. The predicted octanol–water partition coefficient (Wildman–Crippen LogP) is 2.13. The first-order chi connectivity index (χ1) is 10.1. The normalized spacial score (nSPS) is 34.1. The van der Waals surface area contributed by atoms with E-state index in [1.807, 2.05) is 4.90 Å². The Morgan fingerprint density at radius 1 is 1.00 bits per heavy atom. The summed E-state index contributed by atoms with van der Waals surface area (Å²) in [6, 6.07) is 3.66. The van der Waals surface area contributed by atoms with Crippen molar-refractivity contribution in [3.05, 3.63) is 35.4 Å². The quantitative estimate of drug-likeness (QED) is 0.791. The van der Waals surface area contributed by atoms with Crippen molar-refractivity contribution in [2.24, 2.45) is 11.8 Å². The first-order valence-electron chi connectivity index (χ1n) is 7.58. The van der Waals surface area contributed by atoms with Gasteiger partial charge in [-0.2, -0.15) is 0 Å². The molecular weight excluding hydrogens is 274 g/mol. The van der Waals surface area contributed by atoms with Crippen LogP contribution in [-0.2, 0) is 0 Å². The Morgan fingerprint density at radius 3 is 2.57 bits per heavy atom. The number of halogens is 2. The van der Waals surface area contributed by atoms with Crippen LogP contribution in [0, 0.1) is 23.5 Å². The van der Waals surface area contributed by atoms with Crippen LogP contribution >= 0.6 is 0 Å². The molecule has 4 atom stereocenters. The van der Waals surface area contributed by atoms with E-state index in [-0.39, 0.29) is 17.5 Å². The second-order valence-corrected chi connectivity index (χ2v) is 6.66. The molecule has 4 bridgehead atoms. The van der Waals surface area contributed by atoms with Gasteiger partial charge in [0.25, 0.3) is 5.91 Å². The van der Waals surface area contributed by atoms with Gasteiger partial charge in [-0.05, 0) is 42.9 Å². The highest BCUT2D eigenvalue weighted by Crippen LogP contribution is 2.37. The molecule has 0 saturated carbocycles. The fraction of sp³-hybridized carbons (Fsp3) is 0.562. The van der Waals surface area contributed by atoms with Crippen LogP contribution < -0.4 is 0 Å². The smallest absolute Gasteiger partial charge is 0.254 e. The molecule has 0 aliphatic carbocycles. The van der Waals surface area contributed by atoms with Gasteiger partial charge in [0.15, 0.2) is 11.6 Å². The van der Waals surface area contributed by atoms with Crippen LogP contribution in [0.1, 0.15) is 23.2 Å². The Bertz CT molecular complexity index is 578. The second kappa shape index (κ2) is 4.77. The minimum Gasteiger partial charge on any atom is -0.334 e. The molecule has 4 aliphatic rings. The van der Waals surface area contributed by atoms with E-state index in [9.17, 15) is 13.6 Å². The topological polar surface area (TPSA) is 23.6 Å². The average Bonchev–Trinajstić information content (AvgIpc) is 2.65. The molecule has 3 nitrogen and oxygen atoms in total. The van der Waals surface area contributed by atoms with Gasteiger partial charge in [-0.3, -0.25) is 4.79 Å². The van der Waals surface area contributed by atoms with Crippen LogP contribution in [0.15, 0.2) is 18.2 Å². The van der Waals surface area contributed by atoms with Crippen LogP contribution in [0.3, 0.4) is 0 Å². The van der Waals surface area contributed by atoms with Gasteiger partial charge in [0.05, 0.1) is 0 Å². The summed E-state index contributed by atoms with van der Waals surface area (Å²) in [7, 11) is 0. The summed E-state index contributed by atoms with van der Waals surface area (Å²) in [6.45, 7) is 3.88. The molecule has 0 spiro atoms. The van der Waals surface area contributed by atoms with Crippen LogP contribution in [-0.4, -0.2) is 47.9 Å². The molecule has 0 radical (unpaired) electrons. The van der Waals surface area contributed by atoms with Gasteiger partial charge in [-0.15, -0.1) is 0 Å². The van der Waals surface area contributed by atoms with E-state index in [4.69, 9.17) is 0 Å². The largest absolute Gasteiger partial charge is 0.334 e. The maximum absolute atomic E-state index is 13.4. The van der Waals surface area contributed by atoms with E-state index in [1.54, 1.807) is 0 Å². The summed E-state index contributed by atoms with van der Waals surface area (Å²) in [6.07, 6.45) is 2.23. The molecule has 0 aromatic heterocycles. The molecule has 4 heterocycles. The Hall–Kier alpha value is -1.49. The van der Waals surface area contributed by atoms with E-state index in [0.29, 0.717) is 11.8 Å². The van der Waals surface area contributed by atoms with Gasteiger partial charge in [-0.1, -0.05) is 0 Å². The first-order valence-corrected chi connectivity index (χ1v) is 7.58. The van der Waals surface area contributed by atoms with E-state index < -0.39 is 11.6 Å². The van der Waals surface area contributed by atoms with Gasteiger partial charge in [0.2, 0.25) is 0 Å². The SMILES string of the molecule is O=C(c1ccc(F)c(F)c1)N1CC2CC3CC1CN(C3)C2. The van der Waals surface area contributed by atoms with Crippen LogP contribution in [0.25, 0.3) is 0 Å². The number of nitrogens with zero attached hydrogens (tertiary/aromatic N) is 2. The molecule has 5 heteroatoms. The lowest BCUT2D eigenvalue weighted by Crippen LogP contribution is -2.50. The lowest BCUT2D eigenvalue weighted by atomic mass is 9.84. The summed E-state index contributed by atoms with van der Waals surface area (Å²) in [5, 5.41) is 0. The van der Waals surface area contributed by atoms with Crippen molar-refractivity contribution in [3.8, 4) is 0 Å². The molecule has 1 amide bonds. The number of piperidine rings is 2. The number of rotatable bonds is 1. The molecule has 0 N–H and O–H groups in total. The third-order valence-electron chi connectivity index (χ3n) is 5.10. The number of carbonyl (C=O) groups is 1. The predicted molar refractivity (Wildman–Crippen MR) is 73.8 cm³/mol. The fourth-order valence-corrected chi connectivity index (χ4v) is 4.33. The van der Waals surface area contributed by atoms with Gasteiger partial charge in [0.1, 0.15) is 0 Å². The minimum absolute atomic E-state index is 0.159. The third-order valence-corrected chi connectivity index (χ3v) is 5.10. The zero-order valence-corrected chi connectivity index (χ0v) is 11.8. The van der Waals surface area contributed by atoms with Gasteiger partial charge < -0.3 is 9.80 Å². The summed E-state index contributed by atoms with van der Waals surface area (Å²) in [4.78, 5) is 17.0. The average molecular weight is 292 g/mol. The molecular formula is C16H18F2N2O. The summed E-state index contributed by atoms with van der Waals surface area (Å²) >= 11 is 0. The van der Waals surface area contributed by atoms with Crippen LogP contribution in [0.5, 0.6) is 0 Å². The van der Waals surface area contributed by atoms with Crippen molar-refractivity contribution in [1.29, 1.82) is 0 Å². The molecule has 5 rings (SSSR count). The van der Waals surface area contributed by atoms with E-state index in [2.05, 4.69) is 4.90 Å². The monoisotopic (exact) mass is 292 g/mol. The first kappa shape index (κ1) is 13.2. The van der Waals surface area contributed by atoms with Crippen molar-refractivity contribution in [3.63, 3.8) is 0 Å². The molecule has 21 heavy (non-hydrogen) atoms. The lowest BCUT2D eigenvalue weighted by Gasteiger charge is -2.41. The number of benzene rings is 1. The van der Waals surface area contributed by atoms with E-state index >= 15 is 0 Å². The van der Waals surface area contributed by atoms with Crippen LogP contribution in [0.2, 0.25) is 0 Å². The number of carbonyl (C=O) groups excluding carboxylic acids is 1. The van der Waals surface area contributed by atoms with Gasteiger partial charge >= 0.3 is 0 Å². The number of hydrogen-bond donors (Lipinski definition) is 0. The number of fused-ring (bicyclic) bond motifs is 1. The Morgan fingerprint density at radius 2 is 1.81 bits per heavy atom. The van der Waals surface area contributed by atoms with Crippen molar-refractivity contribution in [1.82, 2.24) is 9.80 Å². The molecule has 4 unspecified atom stereocenters. The Labute approximate surface area is 122 Å². The zero-order valence-electron chi connectivity index (χ0n) is 11.8. The molecule has 4 aliphatic heterocycles. The lowest BCUT2D eigenvalue weighted by molar-refractivity contribution is 0.0573. The van der Waals surface area contributed by atoms with Crippen molar-refractivity contribution in [2.45, 2.75) is 18.9 Å². The van der Waals surface area contributed by atoms with Crippen molar-refractivity contribution in [2.75, 3.05) is 26.2 Å². The summed E-state index contributed by atoms with van der Waals surface area (Å²) < 4.78 is 26.4. The summed E-state index contributed by atoms with van der Waals surface area (Å²) in [5.41, 5.74) is 0.255. The maximum Gasteiger partial charge on any atom is 0.254 e. The Balaban J connectivity index is 1.63. The highest BCUT2D eigenvalue weighted by molar-refractivity contribution is 5.94. The maximum atomic E-state index is 13.4. The second-order valence-electron chi connectivity index (χ2n) is 6.66. The molecule has 112 valence electrons. The molecule has 1 aromatic carbocycles. The number of hydrogen-bond acceptors (Lipinski definition) is 2. The molecule has 4 saturated heterocycles. The van der Waals surface area contributed by atoms with Crippen LogP contribution in [0.4, 0.5) is 8.78 Å². The van der Waals surface area contributed by atoms with E-state index in [0.717, 1.165) is 44.7 Å². The highest BCUT2D eigenvalue weighted by atomic mass is 19.2. The van der Waals surface area contributed by atoms with Gasteiger partial charge in [-0.25, -0.2) is 8.78 Å². The fourth-order valence-electron chi connectivity index (χ4n) is 4.33. The van der Waals surface area contributed by atoms with Gasteiger partial charge in [0, 0.05) is 37.8 Å². The number of amides is 1. The minimum atomic E-state index is -0.953. The van der Waals surface area contributed by atoms with Crippen molar-refractivity contribution < 1.29 is 13.6 Å². The summed E-state index contributed by atoms with van der Waals surface area (Å²) in [5.74, 6) is -0.817. The molecule has 4 fully saturated rings. The van der Waals surface area contributed by atoms with Crippen molar-refractivity contribution >= 4 is 5.91 Å². The molecule has 1 aromatic rings. The van der Waals surface area contributed by atoms with E-state index in [1.165, 1.54) is 12.5 Å². The highest BCUT2D eigenvalue weighted by Gasteiger charge is 2.43. The standard InChI is InChI=1S/C16H18F2N2O/c17-14-2-1-12(5-15(14)18)16(21)20-8-11-3-10-4-13(20)9-19(6-10)7-11/h1-2,5,10-11,13H,3-4,6-9H2. The Kier molecular flexibility index (Phi) is 2.99.